The van der Waals surface area contributed by atoms with Gasteiger partial charge in [-0.2, -0.15) is 18.3 Å². The zero-order valence-corrected chi connectivity index (χ0v) is 27.1. The fraction of sp³-hybridized carbons (Fsp3) is 0.353. The molecule has 258 valence electrons. The van der Waals surface area contributed by atoms with Crippen molar-refractivity contribution in [1.82, 2.24) is 45.4 Å². The minimum absolute atomic E-state index is 0.0997. The Hall–Kier alpha value is -5.67. The van der Waals surface area contributed by atoms with E-state index in [9.17, 15) is 18.0 Å². The number of carbonyl (C=O) groups is 1. The number of halogens is 3. The van der Waals surface area contributed by atoms with Gasteiger partial charge in [0.1, 0.15) is 17.0 Å². The summed E-state index contributed by atoms with van der Waals surface area (Å²) in [5.74, 6) is 0.658. The second-order valence-electron chi connectivity index (χ2n) is 12.3. The van der Waals surface area contributed by atoms with Gasteiger partial charge in [-0.15, -0.1) is 0 Å². The summed E-state index contributed by atoms with van der Waals surface area (Å²) in [5.41, 5.74) is 1.90. The maximum Gasteiger partial charge on any atom is 0.420 e. The smallest absolute Gasteiger partial charge is 0.420 e. The molecule has 0 bridgehead atoms. The number of urea groups is 1. The Morgan fingerprint density at radius 1 is 0.920 bits per heavy atom. The van der Waals surface area contributed by atoms with Crippen LogP contribution in [0.2, 0.25) is 0 Å². The van der Waals surface area contributed by atoms with E-state index in [-0.39, 0.29) is 47.4 Å². The molecule has 50 heavy (non-hydrogen) atoms. The molecule has 0 aliphatic heterocycles. The van der Waals surface area contributed by atoms with E-state index in [0.29, 0.717) is 49.3 Å². The summed E-state index contributed by atoms with van der Waals surface area (Å²) in [4.78, 5) is 41.1. The van der Waals surface area contributed by atoms with Gasteiger partial charge in [-0.3, -0.25) is 15.0 Å². The molecule has 2 fully saturated rings. The highest BCUT2D eigenvalue weighted by atomic mass is 19.4. The monoisotopic (exact) mass is 685 g/mol. The molecule has 2 aliphatic rings. The predicted octanol–water partition coefficient (Wildman–Crippen LogP) is 6.16. The second kappa shape index (κ2) is 14.1. The molecule has 2 amide bonds. The minimum Gasteiger partial charge on any atom is -0.467 e. The van der Waals surface area contributed by atoms with Crippen molar-refractivity contribution >= 4 is 17.8 Å². The van der Waals surface area contributed by atoms with E-state index in [2.05, 4.69) is 50.7 Å². The van der Waals surface area contributed by atoms with Crippen molar-refractivity contribution in [2.24, 2.45) is 0 Å². The number of alkyl halides is 3. The topological polar surface area (TPSA) is 160 Å². The third-order valence-electron chi connectivity index (χ3n) is 8.90. The molecule has 0 saturated heterocycles. The SMILES string of the molecule is COc1ncc(-c2cnc(N(C(=O)NCc3ccccc3)[C@H]3CC[C@H](Nc4ncc(C(F)(F)F)c(-c5n[nH]cc5C5CC5)n4)CC3)cn2)cn1. The summed E-state index contributed by atoms with van der Waals surface area (Å²) in [7, 11) is 1.48. The lowest BCUT2D eigenvalue weighted by Crippen LogP contribution is -2.49. The highest BCUT2D eigenvalue weighted by Crippen LogP contribution is 2.45. The van der Waals surface area contributed by atoms with Gasteiger partial charge in [-0.05, 0) is 50.0 Å². The van der Waals surface area contributed by atoms with E-state index in [1.807, 2.05) is 30.3 Å². The first-order chi connectivity index (χ1) is 24.3. The van der Waals surface area contributed by atoms with Crippen molar-refractivity contribution in [1.29, 1.82) is 0 Å². The second-order valence-corrected chi connectivity index (χ2v) is 12.3. The molecule has 0 unspecified atom stereocenters. The summed E-state index contributed by atoms with van der Waals surface area (Å²) in [6.45, 7) is 0.327. The molecule has 1 aromatic carbocycles. The summed E-state index contributed by atoms with van der Waals surface area (Å²) in [5, 5.41) is 13.1. The van der Waals surface area contributed by atoms with Crippen LogP contribution in [0.4, 0.5) is 29.7 Å². The fourth-order valence-corrected chi connectivity index (χ4v) is 6.16. The molecular weight excluding hydrogens is 651 g/mol. The number of H-pyrrole nitrogens is 1. The van der Waals surface area contributed by atoms with Gasteiger partial charge in [0.05, 0.1) is 25.2 Å². The average molecular weight is 686 g/mol. The van der Waals surface area contributed by atoms with E-state index < -0.39 is 11.7 Å². The van der Waals surface area contributed by atoms with Crippen molar-refractivity contribution < 1.29 is 22.7 Å². The normalized spacial score (nSPS) is 17.6. The Morgan fingerprint density at radius 3 is 2.34 bits per heavy atom. The molecule has 4 heterocycles. The van der Waals surface area contributed by atoms with Crippen molar-refractivity contribution in [2.45, 2.75) is 69.2 Å². The largest absolute Gasteiger partial charge is 0.467 e. The maximum atomic E-state index is 14.0. The van der Waals surface area contributed by atoms with E-state index in [1.165, 1.54) is 7.11 Å². The molecule has 0 radical (unpaired) electrons. The number of anilines is 2. The molecule has 16 heteroatoms. The number of benzene rings is 1. The first-order valence-corrected chi connectivity index (χ1v) is 16.3. The van der Waals surface area contributed by atoms with Crippen LogP contribution in [0.5, 0.6) is 6.01 Å². The minimum atomic E-state index is -4.64. The Morgan fingerprint density at radius 2 is 1.68 bits per heavy atom. The molecule has 2 aliphatic carbocycles. The zero-order chi connectivity index (χ0) is 34.7. The third kappa shape index (κ3) is 7.33. The number of aromatic amines is 1. The summed E-state index contributed by atoms with van der Waals surface area (Å²) < 4.78 is 47.0. The van der Waals surface area contributed by atoms with E-state index in [1.54, 1.807) is 35.9 Å². The van der Waals surface area contributed by atoms with Crippen LogP contribution in [-0.4, -0.2) is 65.3 Å². The predicted molar refractivity (Wildman–Crippen MR) is 177 cm³/mol. The van der Waals surface area contributed by atoms with E-state index in [4.69, 9.17) is 4.74 Å². The van der Waals surface area contributed by atoms with Gasteiger partial charge in [0.2, 0.25) is 5.95 Å². The van der Waals surface area contributed by atoms with Crippen LogP contribution in [0.3, 0.4) is 0 Å². The van der Waals surface area contributed by atoms with Crippen molar-refractivity contribution in [2.75, 3.05) is 17.3 Å². The molecule has 2 saturated carbocycles. The van der Waals surface area contributed by atoms with Crippen LogP contribution in [0.15, 0.2) is 67.5 Å². The van der Waals surface area contributed by atoms with Crippen molar-refractivity contribution in [3.63, 3.8) is 0 Å². The number of nitrogens with zero attached hydrogens (tertiary/aromatic N) is 8. The van der Waals surface area contributed by atoms with Crippen molar-refractivity contribution in [3.8, 4) is 28.7 Å². The molecule has 5 aromatic rings. The standard InChI is InChI=1S/C34H34F3N11O2/c1-50-32-41-14-22(15-42-32)27-18-39-28(19-38-27)48(33(49)43-13-20-5-3-2-4-6-20)24-11-9-23(10-12-24)45-31-40-17-26(34(35,36)37)30(46-31)29-25(16-44-47-29)21-7-8-21/h2-6,14-19,21,23-24H,7-13H2,1H3,(H,43,49)(H,44,47)(H,40,45,46)/t23-,24-. The third-order valence-corrected chi connectivity index (χ3v) is 8.90. The molecular formula is C34H34F3N11O2. The lowest BCUT2D eigenvalue weighted by molar-refractivity contribution is -0.137. The van der Waals surface area contributed by atoms with Crippen molar-refractivity contribution in [3.05, 3.63) is 84.2 Å². The van der Waals surface area contributed by atoms with Gasteiger partial charge in [0.15, 0.2) is 5.82 Å². The Labute approximate surface area is 285 Å². The number of aromatic nitrogens is 8. The number of rotatable bonds is 10. The lowest BCUT2D eigenvalue weighted by atomic mass is 9.90. The highest BCUT2D eigenvalue weighted by Gasteiger charge is 2.39. The Balaban J connectivity index is 1.07. The van der Waals surface area contributed by atoms with Crippen LogP contribution in [0.1, 0.15) is 61.1 Å². The van der Waals surface area contributed by atoms with Gasteiger partial charge in [-0.25, -0.2) is 29.7 Å². The molecule has 4 aromatic heterocycles. The Bertz CT molecular complexity index is 1910. The van der Waals surface area contributed by atoms with Crippen LogP contribution in [-0.2, 0) is 12.7 Å². The Kier molecular flexibility index (Phi) is 9.23. The zero-order valence-electron chi connectivity index (χ0n) is 27.1. The highest BCUT2D eigenvalue weighted by molar-refractivity contribution is 5.91. The quantitative estimate of drug-likeness (QED) is 0.155. The molecule has 3 N–H and O–H groups in total. The van der Waals surface area contributed by atoms with Gasteiger partial charge in [0.25, 0.3) is 0 Å². The average Bonchev–Trinajstić information content (AvgIpc) is 3.87. The van der Waals surface area contributed by atoms with Gasteiger partial charge < -0.3 is 15.4 Å². The number of methoxy groups -OCH3 is 1. The van der Waals surface area contributed by atoms with Gasteiger partial charge in [0, 0.05) is 54.5 Å². The number of ether oxygens (including phenoxy) is 1. The van der Waals surface area contributed by atoms with Gasteiger partial charge in [-0.1, -0.05) is 30.3 Å². The van der Waals surface area contributed by atoms with Gasteiger partial charge >= 0.3 is 18.2 Å². The van der Waals surface area contributed by atoms with Crippen LogP contribution >= 0.6 is 0 Å². The first-order valence-electron chi connectivity index (χ1n) is 16.3. The van der Waals surface area contributed by atoms with Crippen LogP contribution in [0, 0.1) is 0 Å². The molecule has 7 rings (SSSR count). The van der Waals surface area contributed by atoms with Crippen LogP contribution < -0.4 is 20.3 Å². The summed E-state index contributed by atoms with van der Waals surface area (Å²) in [6.07, 6.45) is 8.31. The molecule has 13 nitrogen and oxygen atoms in total. The number of carbonyl (C=O) groups excluding carboxylic acids is 1. The number of amides is 2. The first kappa shape index (κ1) is 32.9. The lowest BCUT2D eigenvalue weighted by Gasteiger charge is -2.36. The number of hydrogen-bond donors (Lipinski definition) is 3. The number of nitrogens with one attached hydrogen (secondary N) is 3. The van der Waals surface area contributed by atoms with E-state index in [0.717, 1.165) is 30.2 Å². The summed E-state index contributed by atoms with van der Waals surface area (Å²) >= 11 is 0. The van der Waals surface area contributed by atoms with E-state index >= 15 is 0 Å². The maximum absolute atomic E-state index is 14.0. The number of hydrogen-bond acceptors (Lipinski definition) is 10. The molecule has 0 spiro atoms. The van der Waals surface area contributed by atoms with Crippen LogP contribution in [0.25, 0.3) is 22.6 Å². The summed E-state index contributed by atoms with van der Waals surface area (Å²) in [6, 6.07) is 9.15. The fourth-order valence-electron chi connectivity index (χ4n) is 6.16. The molecule has 0 atom stereocenters.